The van der Waals surface area contributed by atoms with Crippen LogP contribution in [0.2, 0.25) is 0 Å². The summed E-state index contributed by atoms with van der Waals surface area (Å²) in [5.41, 5.74) is 3.80. The average Bonchev–Trinajstić information content (AvgIpc) is 3.10. The first kappa shape index (κ1) is 15.8. The van der Waals surface area contributed by atoms with Crippen LogP contribution in [0.1, 0.15) is 25.3 Å². The van der Waals surface area contributed by atoms with Crippen LogP contribution in [0.5, 0.6) is 0 Å². The summed E-state index contributed by atoms with van der Waals surface area (Å²) >= 11 is 0. The number of non-ortho nitro benzene ring substituents is 1. The van der Waals surface area contributed by atoms with Crippen LogP contribution in [0.4, 0.5) is 10.1 Å². The molecule has 0 amide bonds. The van der Waals surface area contributed by atoms with E-state index in [-0.39, 0.29) is 17.3 Å². The van der Waals surface area contributed by atoms with E-state index in [0.717, 1.165) is 31.0 Å². The average molecular weight is 317 g/mol. The molecule has 1 saturated carbocycles. The van der Waals surface area contributed by atoms with E-state index in [4.69, 9.17) is 5.73 Å². The molecule has 9 heteroatoms. The van der Waals surface area contributed by atoms with E-state index in [1.807, 2.05) is 0 Å². The number of sulfonamides is 1. The Kier molecular flexibility index (Phi) is 4.00. The molecule has 1 fully saturated rings. The lowest BCUT2D eigenvalue weighted by molar-refractivity contribution is -0.385. The van der Waals surface area contributed by atoms with Gasteiger partial charge in [-0.1, -0.05) is 0 Å². The van der Waals surface area contributed by atoms with Crippen LogP contribution in [-0.4, -0.2) is 25.1 Å². The normalized spacial score (nSPS) is 18.2. The minimum atomic E-state index is -3.69. The molecule has 0 bridgehead atoms. The predicted octanol–water partition coefficient (Wildman–Crippen LogP) is 0.990. The Morgan fingerprint density at radius 2 is 2.14 bits per heavy atom. The third-order valence-corrected chi connectivity index (χ3v) is 4.86. The summed E-state index contributed by atoms with van der Waals surface area (Å²) in [5, 5.41) is 10.7. The van der Waals surface area contributed by atoms with Gasteiger partial charge in [-0.15, -0.1) is 0 Å². The van der Waals surface area contributed by atoms with Crippen LogP contribution in [0.15, 0.2) is 18.2 Å². The number of nitro benzene ring substituents is 1. The van der Waals surface area contributed by atoms with E-state index in [1.54, 1.807) is 0 Å². The Hall–Kier alpha value is -1.58. The van der Waals surface area contributed by atoms with Gasteiger partial charge in [0.15, 0.2) is 0 Å². The highest BCUT2D eigenvalue weighted by Gasteiger charge is 2.35. The Balaban J connectivity index is 2.29. The van der Waals surface area contributed by atoms with Gasteiger partial charge in [0, 0.05) is 23.7 Å². The van der Waals surface area contributed by atoms with Gasteiger partial charge in [-0.25, -0.2) is 17.5 Å². The Labute approximate surface area is 121 Å². The topological polar surface area (TPSA) is 115 Å². The quantitative estimate of drug-likeness (QED) is 0.599. The Bertz CT molecular complexity index is 671. The fourth-order valence-electron chi connectivity index (χ4n) is 2.03. The van der Waals surface area contributed by atoms with E-state index >= 15 is 0 Å². The summed E-state index contributed by atoms with van der Waals surface area (Å²) < 4.78 is 40.2. The van der Waals surface area contributed by atoms with Crippen molar-refractivity contribution >= 4 is 15.7 Å². The van der Waals surface area contributed by atoms with Crippen molar-refractivity contribution in [1.29, 1.82) is 0 Å². The molecule has 1 aromatic carbocycles. The molecule has 0 heterocycles. The second kappa shape index (κ2) is 5.32. The van der Waals surface area contributed by atoms with E-state index in [1.165, 1.54) is 6.92 Å². The molecule has 1 atom stereocenters. The molecular weight excluding hydrogens is 301 g/mol. The molecule has 2 rings (SSSR count). The number of nitrogens with zero attached hydrogens (tertiary/aromatic N) is 1. The monoisotopic (exact) mass is 317 g/mol. The molecule has 0 unspecified atom stereocenters. The van der Waals surface area contributed by atoms with E-state index < -0.39 is 32.1 Å². The Morgan fingerprint density at radius 1 is 1.52 bits per heavy atom. The first-order chi connectivity index (χ1) is 9.61. The number of rotatable bonds is 6. The van der Waals surface area contributed by atoms with Crippen molar-refractivity contribution in [3.63, 3.8) is 0 Å². The highest BCUT2D eigenvalue weighted by atomic mass is 32.2. The summed E-state index contributed by atoms with van der Waals surface area (Å²) in [5.74, 6) is -1.32. The fourth-order valence-corrected chi connectivity index (χ4v) is 3.81. The summed E-state index contributed by atoms with van der Waals surface area (Å²) in [6.45, 7) is 1.33. The van der Waals surface area contributed by atoms with Crippen LogP contribution in [-0.2, 0) is 15.6 Å². The minimum Gasteiger partial charge on any atom is -0.321 e. The lowest BCUT2D eigenvalue weighted by Gasteiger charge is -2.25. The van der Waals surface area contributed by atoms with Crippen molar-refractivity contribution in [3.05, 3.63) is 39.7 Å². The largest absolute Gasteiger partial charge is 0.321 e. The van der Waals surface area contributed by atoms with Crippen LogP contribution < -0.4 is 10.5 Å². The van der Waals surface area contributed by atoms with Gasteiger partial charge in [0.25, 0.3) is 5.69 Å². The smallest absolute Gasteiger partial charge is 0.269 e. The molecule has 0 aliphatic heterocycles. The summed E-state index contributed by atoms with van der Waals surface area (Å²) in [6.07, 6.45) is 1.54. The molecule has 21 heavy (non-hydrogen) atoms. The first-order valence-corrected chi connectivity index (χ1v) is 7.99. The molecule has 1 aliphatic rings. The number of halogens is 1. The molecular formula is C12H16FN3O4S. The summed E-state index contributed by atoms with van der Waals surface area (Å²) in [7, 11) is -3.69. The third kappa shape index (κ3) is 3.96. The van der Waals surface area contributed by atoms with Crippen molar-refractivity contribution in [2.75, 3.05) is 5.75 Å². The van der Waals surface area contributed by atoms with Crippen molar-refractivity contribution in [2.45, 2.75) is 31.3 Å². The zero-order valence-electron chi connectivity index (χ0n) is 11.4. The van der Waals surface area contributed by atoms with E-state index in [9.17, 15) is 22.9 Å². The maximum atomic E-state index is 13.9. The van der Waals surface area contributed by atoms with Gasteiger partial charge in [-0.2, -0.15) is 0 Å². The molecule has 0 radical (unpaired) electrons. The second-order valence-electron chi connectivity index (χ2n) is 5.49. The van der Waals surface area contributed by atoms with Gasteiger partial charge >= 0.3 is 0 Å². The second-order valence-corrected chi connectivity index (χ2v) is 7.24. The zero-order valence-corrected chi connectivity index (χ0v) is 12.2. The van der Waals surface area contributed by atoms with Crippen molar-refractivity contribution in [2.24, 2.45) is 5.73 Å². The van der Waals surface area contributed by atoms with Gasteiger partial charge in [-0.05, 0) is 25.8 Å². The number of hydrogen-bond acceptors (Lipinski definition) is 5. The standard InChI is InChI=1S/C12H16FN3O4S/c1-12(14,7-21(19,20)15-8-2-3-8)10-6-9(16(17)18)4-5-11(10)13/h4-6,8,15H,2-3,7,14H2,1H3/t12-/m0/s1. The van der Waals surface area contributed by atoms with Crippen LogP contribution >= 0.6 is 0 Å². The molecule has 1 aromatic rings. The van der Waals surface area contributed by atoms with Crippen molar-refractivity contribution < 1.29 is 17.7 Å². The van der Waals surface area contributed by atoms with Gasteiger partial charge in [-0.3, -0.25) is 10.1 Å². The van der Waals surface area contributed by atoms with Gasteiger partial charge in [0.05, 0.1) is 16.2 Å². The SMILES string of the molecule is C[C@](N)(CS(=O)(=O)NC1CC1)c1cc([N+](=O)[O-])ccc1F. The summed E-state index contributed by atoms with van der Waals surface area (Å²) in [6, 6.07) is 2.81. The predicted molar refractivity (Wildman–Crippen MR) is 74.5 cm³/mol. The number of hydrogen-bond donors (Lipinski definition) is 2. The lowest BCUT2D eigenvalue weighted by atomic mass is 9.94. The number of nitrogens with two attached hydrogens (primary N) is 1. The zero-order chi connectivity index (χ0) is 15.8. The van der Waals surface area contributed by atoms with Gasteiger partial charge in [0.2, 0.25) is 10.0 Å². The molecule has 1 aliphatic carbocycles. The molecule has 3 N–H and O–H groups in total. The molecule has 116 valence electrons. The van der Waals surface area contributed by atoms with Gasteiger partial charge < -0.3 is 5.73 Å². The number of nitrogens with one attached hydrogen (secondary N) is 1. The van der Waals surface area contributed by atoms with Crippen molar-refractivity contribution in [3.8, 4) is 0 Å². The van der Waals surface area contributed by atoms with E-state index in [0.29, 0.717) is 0 Å². The van der Waals surface area contributed by atoms with Crippen LogP contribution in [0.3, 0.4) is 0 Å². The van der Waals surface area contributed by atoms with Crippen LogP contribution in [0.25, 0.3) is 0 Å². The maximum Gasteiger partial charge on any atom is 0.269 e. The highest BCUT2D eigenvalue weighted by molar-refractivity contribution is 7.89. The Morgan fingerprint density at radius 3 is 2.67 bits per heavy atom. The third-order valence-electron chi connectivity index (χ3n) is 3.19. The first-order valence-electron chi connectivity index (χ1n) is 6.34. The van der Waals surface area contributed by atoms with E-state index in [2.05, 4.69) is 4.72 Å². The minimum absolute atomic E-state index is 0.0826. The fraction of sp³-hybridized carbons (Fsp3) is 0.500. The molecule has 0 spiro atoms. The van der Waals surface area contributed by atoms with Crippen LogP contribution in [0, 0.1) is 15.9 Å². The maximum absolute atomic E-state index is 13.9. The number of nitro groups is 1. The molecule has 7 nitrogen and oxygen atoms in total. The summed E-state index contributed by atoms with van der Waals surface area (Å²) in [4.78, 5) is 10.1. The van der Waals surface area contributed by atoms with Gasteiger partial charge in [0.1, 0.15) is 5.82 Å². The highest BCUT2D eigenvalue weighted by Crippen LogP contribution is 2.28. The lowest BCUT2D eigenvalue weighted by Crippen LogP contribution is -2.45. The molecule has 0 aromatic heterocycles. The van der Waals surface area contributed by atoms with Crippen molar-refractivity contribution in [1.82, 2.24) is 4.72 Å². The number of benzene rings is 1. The molecule has 0 saturated heterocycles.